The van der Waals surface area contributed by atoms with E-state index in [-0.39, 0.29) is 22.7 Å². The van der Waals surface area contributed by atoms with Crippen LogP contribution in [0.1, 0.15) is 41.5 Å². The number of halogens is 1. The van der Waals surface area contributed by atoms with Crippen molar-refractivity contribution in [3.8, 4) is 0 Å². The Morgan fingerprint density at radius 3 is 2.17 bits per heavy atom. The summed E-state index contributed by atoms with van der Waals surface area (Å²) in [5.41, 5.74) is 5.46. The van der Waals surface area contributed by atoms with Crippen molar-refractivity contribution in [2.75, 3.05) is 12.3 Å². The Morgan fingerprint density at radius 2 is 1.59 bits per heavy atom. The second-order valence-corrected chi connectivity index (χ2v) is 17.3. The molecule has 6 rings (SSSR count). The van der Waals surface area contributed by atoms with Crippen LogP contribution in [0.15, 0.2) is 79.1 Å². The van der Waals surface area contributed by atoms with Crippen LogP contribution in [-0.2, 0) is 19.4 Å². The minimum atomic E-state index is -2.92. The minimum Gasteiger partial charge on any atom is -0.405 e. The molecule has 3 atom stereocenters. The maximum Gasteiger partial charge on any atom is 0.261 e. The normalized spacial score (nSPS) is 25.6. The van der Waals surface area contributed by atoms with Gasteiger partial charge in [-0.15, -0.1) is 0 Å². The number of hydrogen-bond donors (Lipinski definition) is 1. The number of nitrogens with zero attached hydrogens (tertiary/aromatic N) is 4. The number of ether oxygens (including phenoxy) is 2. The molecule has 41 heavy (non-hydrogen) atoms. The molecule has 8 nitrogen and oxygen atoms in total. The molecule has 0 unspecified atom stereocenters. The van der Waals surface area contributed by atoms with Gasteiger partial charge in [0, 0.05) is 0 Å². The summed E-state index contributed by atoms with van der Waals surface area (Å²) in [6.45, 7) is 13.0. The maximum absolute atomic E-state index is 7.50. The van der Waals surface area contributed by atoms with E-state index >= 15 is 0 Å². The van der Waals surface area contributed by atoms with Crippen LogP contribution in [0.4, 0.5) is 5.95 Å². The highest BCUT2D eigenvalue weighted by atomic mass is 35.5. The van der Waals surface area contributed by atoms with Crippen LogP contribution in [0.2, 0.25) is 10.2 Å². The molecule has 2 N–H and O–H groups in total. The SMILES string of the molecule is CC1(C)O[C@H]2[C@](C)(C=C[C@]2(CO[Si](c2ccccc2)(c2ccccc2)C(C)(C)C)n2cnc3c(Cl)nc(N)nc32)O1. The first kappa shape index (κ1) is 28.1. The largest absolute Gasteiger partial charge is 0.405 e. The summed E-state index contributed by atoms with van der Waals surface area (Å²) in [4.78, 5) is 13.3. The maximum atomic E-state index is 7.50. The lowest BCUT2D eigenvalue weighted by Crippen LogP contribution is -2.68. The van der Waals surface area contributed by atoms with E-state index in [1.165, 1.54) is 10.4 Å². The van der Waals surface area contributed by atoms with Gasteiger partial charge in [0.1, 0.15) is 22.8 Å². The van der Waals surface area contributed by atoms with Crippen LogP contribution >= 0.6 is 11.6 Å². The zero-order valence-electron chi connectivity index (χ0n) is 24.3. The van der Waals surface area contributed by atoms with Gasteiger partial charge in [0.25, 0.3) is 8.32 Å². The highest BCUT2D eigenvalue weighted by Crippen LogP contribution is 2.51. The molecule has 1 aliphatic heterocycles. The first-order chi connectivity index (χ1) is 19.3. The standard InChI is InChI=1S/C31H36ClN5O3Si/c1-28(2,3)41(21-13-9-7-10-14-21,22-15-11-8-12-16-22)38-19-31(18-17-30(6)26(31)39-29(4,5)40-30)37-20-34-23-24(32)35-27(33)36-25(23)37/h7-18,20,26H,19H2,1-6H3,(H2,33,35,36)/t26-,30-,31+/m0/s1. The topological polar surface area (TPSA) is 97.3 Å². The third kappa shape index (κ3) is 4.33. The fourth-order valence-corrected chi connectivity index (χ4v) is 11.5. The highest BCUT2D eigenvalue weighted by Gasteiger charge is 2.63. The molecule has 0 saturated carbocycles. The molecule has 0 bridgehead atoms. The number of rotatable bonds is 6. The quantitative estimate of drug-likeness (QED) is 0.196. The van der Waals surface area contributed by atoms with Gasteiger partial charge in [-0.1, -0.05) is 105 Å². The van der Waals surface area contributed by atoms with Gasteiger partial charge in [-0.25, -0.2) is 4.98 Å². The molecule has 0 amide bonds. The Balaban J connectivity index is 1.57. The van der Waals surface area contributed by atoms with Crippen molar-refractivity contribution in [2.24, 2.45) is 0 Å². The number of imidazole rings is 1. The molecule has 2 aliphatic rings. The first-order valence-electron chi connectivity index (χ1n) is 13.8. The van der Waals surface area contributed by atoms with E-state index in [0.717, 1.165) is 0 Å². The smallest absolute Gasteiger partial charge is 0.261 e. The molecular weight excluding hydrogens is 554 g/mol. The van der Waals surface area contributed by atoms with Crippen LogP contribution in [0.25, 0.3) is 11.2 Å². The van der Waals surface area contributed by atoms with Crippen LogP contribution < -0.4 is 16.1 Å². The molecule has 1 saturated heterocycles. The van der Waals surface area contributed by atoms with Crippen LogP contribution in [0.5, 0.6) is 0 Å². The van der Waals surface area contributed by atoms with Gasteiger partial charge >= 0.3 is 0 Å². The molecule has 10 heteroatoms. The number of anilines is 1. The summed E-state index contributed by atoms with van der Waals surface area (Å²) in [5.74, 6) is -0.740. The van der Waals surface area contributed by atoms with Gasteiger partial charge in [-0.2, -0.15) is 9.97 Å². The van der Waals surface area contributed by atoms with Crippen LogP contribution in [0.3, 0.4) is 0 Å². The number of nitrogen functional groups attached to an aromatic ring is 1. The summed E-state index contributed by atoms with van der Waals surface area (Å²) in [7, 11) is -2.92. The molecule has 2 aromatic carbocycles. The summed E-state index contributed by atoms with van der Waals surface area (Å²) in [5, 5.41) is 2.35. The Morgan fingerprint density at radius 1 is 0.976 bits per heavy atom. The molecule has 3 heterocycles. The molecule has 0 spiro atoms. The van der Waals surface area contributed by atoms with Crippen molar-refractivity contribution in [2.45, 2.75) is 69.6 Å². The molecule has 1 fully saturated rings. The molecular formula is C31H36ClN5O3Si. The Labute approximate surface area is 246 Å². The van der Waals surface area contributed by atoms with Gasteiger partial charge in [0.2, 0.25) is 5.95 Å². The average Bonchev–Trinajstić information content (AvgIpc) is 3.53. The summed E-state index contributed by atoms with van der Waals surface area (Å²) < 4.78 is 22.6. The summed E-state index contributed by atoms with van der Waals surface area (Å²) in [6.07, 6.45) is 5.46. The number of fused-ring (bicyclic) bond motifs is 2. The molecule has 4 aromatic rings. The van der Waals surface area contributed by atoms with Crippen LogP contribution in [0, 0.1) is 0 Å². The van der Waals surface area contributed by atoms with E-state index in [1.54, 1.807) is 6.33 Å². The third-order valence-electron chi connectivity index (χ3n) is 8.30. The number of nitrogens with two attached hydrogens (primary N) is 1. The summed E-state index contributed by atoms with van der Waals surface area (Å²) >= 11 is 6.48. The fraction of sp³-hybridized carbons (Fsp3) is 0.387. The zero-order valence-corrected chi connectivity index (χ0v) is 26.0. The van der Waals surface area contributed by atoms with Crippen molar-refractivity contribution in [1.29, 1.82) is 0 Å². The summed E-state index contributed by atoms with van der Waals surface area (Å²) in [6, 6.07) is 21.2. The Bertz CT molecular complexity index is 1580. The van der Waals surface area contributed by atoms with Crippen molar-refractivity contribution in [3.63, 3.8) is 0 Å². The number of aromatic nitrogens is 4. The van der Waals surface area contributed by atoms with E-state index in [2.05, 4.69) is 96.4 Å². The zero-order chi connectivity index (χ0) is 29.3. The monoisotopic (exact) mass is 589 g/mol. The van der Waals surface area contributed by atoms with E-state index in [0.29, 0.717) is 11.2 Å². The minimum absolute atomic E-state index is 0.0703. The van der Waals surface area contributed by atoms with E-state index < -0.39 is 31.3 Å². The average molecular weight is 590 g/mol. The van der Waals surface area contributed by atoms with Gasteiger partial charge in [0.05, 0.1) is 12.9 Å². The second kappa shape index (κ2) is 9.47. The Hall–Kier alpha value is -3.08. The van der Waals surface area contributed by atoms with Crippen molar-refractivity contribution in [1.82, 2.24) is 19.5 Å². The lowest BCUT2D eigenvalue weighted by atomic mass is 9.90. The van der Waals surface area contributed by atoms with Crippen molar-refractivity contribution in [3.05, 3.63) is 84.3 Å². The first-order valence-corrected chi connectivity index (χ1v) is 16.1. The fourth-order valence-electron chi connectivity index (χ4n) is 6.70. The number of hydrogen-bond acceptors (Lipinski definition) is 7. The van der Waals surface area contributed by atoms with Gasteiger partial charge < -0.3 is 24.2 Å². The molecule has 0 radical (unpaired) electrons. The van der Waals surface area contributed by atoms with Gasteiger partial charge in [-0.3, -0.25) is 0 Å². The van der Waals surface area contributed by atoms with Crippen molar-refractivity contribution >= 4 is 47.4 Å². The van der Waals surface area contributed by atoms with E-state index in [4.69, 9.17) is 31.2 Å². The molecule has 1 aliphatic carbocycles. The van der Waals surface area contributed by atoms with E-state index in [1.807, 2.05) is 37.5 Å². The predicted molar refractivity (Wildman–Crippen MR) is 164 cm³/mol. The van der Waals surface area contributed by atoms with Gasteiger partial charge in [0.15, 0.2) is 16.6 Å². The third-order valence-corrected chi connectivity index (χ3v) is 13.5. The molecule has 2 aromatic heterocycles. The lowest BCUT2D eigenvalue weighted by molar-refractivity contribution is -0.161. The lowest BCUT2D eigenvalue weighted by Gasteiger charge is -2.46. The predicted octanol–water partition coefficient (Wildman–Crippen LogP) is 4.81. The second-order valence-electron chi connectivity index (χ2n) is 12.6. The molecule has 214 valence electrons. The van der Waals surface area contributed by atoms with Gasteiger partial charge in [-0.05, 0) is 36.2 Å². The highest BCUT2D eigenvalue weighted by molar-refractivity contribution is 6.99. The van der Waals surface area contributed by atoms with E-state index in [9.17, 15) is 0 Å². The Kier molecular flexibility index (Phi) is 6.48. The van der Waals surface area contributed by atoms with Crippen molar-refractivity contribution < 1.29 is 13.9 Å². The van der Waals surface area contributed by atoms with Crippen LogP contribution in [-0.4, -0.2) is 51.9 Å². The number of benzene rings is 2.